The van der Waals surface area contributed by atoms with E-state index in [1.807, 2.05) is 44.4 Å². The summed E-state index contributed by atoms with van der Waals surface area (Å²) in [6.07, 6.45) is -0.538. The molecular formula is C20H24ClN3O3S. The van der Waals surface area contributed by atoms with Gasteiger partial charge >= 0.3 is 0 Å². The van der Waals surface area contributed by atoms with Gasteiger partial charge in [-0.25, -0.2) is 0 Å². The quantitative estimate of drug-likeness (QED) is 0.776. The number of carbonyl (C=O) groups excluding carboxylic acids is 2. The molecule has 1 fully saturated rings. The molecule has 2 atom stereocenters. The van der Waals surface area contributed by atoms with E-state index in [1.165, 1.54) is 11.3 Å². The number of thiophene rings is 1. The molecule has 0 spiro atoms. The third-order valence-corrected chi connectivity index (χ3v) is 6.28. The number of likely N-dealkylation sites (tertiary alicyclic amines) is 1. The minimum atomic E-state index is -0.947. The molecule has 2 aromatic rings. The number of β-amino-alcohol motifs (C(OH)–C–C–N with tert-alkyl or cyclic N) is 1. The molecule has 1 aliphatic rings. The molecule has 0 unspecified atom stereocenters. The van der Waals surface area contributed by atoms with Crippen LogP contribution >= 0.6 is 22.9 Å². The zero-order valence-corrected chi connectivity index (χ0v) is 17.5. The molecule has 6 nitrogen and oxygen atoms in total. The average Bonchev–Trinajstić information content (AvgIpc) is 3.09. The first-order chi connectivity index (χ1) is 13.3. The highest BCUT2D eigenvalue weighted by molar-refractivity contribution is 7.12. The fourth-order valence-corrected chi connectivity index (χ4v) is 4.68. The van der Waals surface area contributed by atoms with E-state index in [1.54, 1.807) is 21.2 Å². The molecule has 2 amide bonds. The highest BCUT2D eigenvalue weighted by atomic mass is 35.5. The summed E-state index contributed by atoms with van der Waals surface area (Å²) in [5, 5.41) is 16.3. The van der Waals surface area contributed by atoms with Gasteiger partial charge in [-0.1, -0.05) is 41.9 Å². The Morgan fingerprint density at radius 3 is 2.61 bits per heavy atom. The van der Waals surface area contributed by atoms with E-state index in [-0.39, 0.29) is 24.9 Å². The number of amides is 2. The summed E-state index contributed by atoms with van der Waals surface area (Å²) in [6, 6.07) is 11.1. The Morgan fingerprint density at radius 2 is 2.04 bits per heavy atom. The first-order valence-corrected chi connectivity index (χ1v) is 10.3. The largest absolute Gasteiger partial charge is 0.388 e. The number of nitrogens with zero attached hydrogens (tertiary/aromatic N) is 2. The average molecular weight is 422 g/mol. The van der Waals surface area contributed by atoms with Crippen LogP contribution in [0.2, 0.25) is 5.02 Å². The van der Waals surface area contributed by atoms with Gasteiger partial charge in [0.05, 0.1) is 23.2 Å². The van der Waals surface area contributed by atoms with Crippen LogP contribution in [-0.4, -0.2) is 66.6 Å². The number of likely N-dealkylation sites (N-methyl/N-ethyl adjacent to an activating group) is 1. The van der Waals surface area contributed by atoms with Gasteiger partial charge in [-0.05, 0) is 37.5 Å². The van der Waals surface area contributed by atoms with Crippen molar-refractivity contribution < 1.29 is 14.7 Å². The number of carbonyl (C=O) groups is 2. The van der Waals surface area contributed by atoms with Crippen LogP contribution in [0.15, 0.2) is 41.8 Å². The van der Waals surface area contributed by atoms with E-state index in [2.05, 4.69) is 5.32 Å². The molecule has 0 radical (unpaired) electrons. The predicted molar refractivity (Wildman–Crippen MR) is 111 cm³/mol. The van der Waals surface area contributed by atoms with Gasteiger partial charge in [-0.3, -0.25) is 9.59 Å². The third kappa shape index (κ3) is 4.22. The van der Waals surface area contributed by atoms with Gasteiger partial charge in [0.15, 0.2) is 0 Å². The van der Waals surface area contributed by atoms with Crippen LogP contribution < -0.4 is 5.32 Å². The van der Waals surface area contributed by atoms with Gasteiger partial charge in [0.1, 0.15) is 4.88 Å². The zero-order valence-electron chi connectivity index (χ0n) is 15.9. The van der Waals surface area contributed by atoms with Crippen molar-refractivity contribution in [3.8, 4) is 0 Å². The number of hydrogen-bond acceptors (Lipinski definition) is 5. The van der Waals surface area contributed by atoms with E-state index in [0.29, 0.717) is 22.9 Å². The third-order valence-electron chi connectivity index (χ3n) is 4.95. The van der Waals surface area contributed by atoms with Crippen LogP contribution in [0, 0.1) is 0 Å². The first-order valence-electron chi connectivity index (χ1n) is 9.05. The highest BCUT2D eigenvalue weighted by Crippen LogP contribution is 2.35. The molecule has 1 saturated heterocycles. The minimum absolute atomic E-state index is 0.115. The van der Waals surface area contributed by atoms with Crippen molar-refractivity contribution in [2.75, 3.05) is 33.7 Å². The first kappa shape index (κ1) is 20.8. The molecule has 150 valence electrons. The number of rotatable bonds is 5. The van der Waals surface area contributed by atoms with Crippen LogP contribution in [0.5, 0.6) is 0 Å². The number of piperidine rings is 1. The molecular weight excluding hydrogens is 398 g/mol. The van der Waals surface area contributed by atoms with Crippen LogP contribution in [-0.2, 0) is 10.3 Å². The Balaban J connectivity index is 1.85. The summed E-state index contributed by atoms with van der Waals surface area (Å²) in [6.45, 7) is 0.736. The van der Waals surface area contributed by atoms with Crippen LogP contribution in [0.3, 0.4) is 0 Å². The number of nitrogens with one attached hydrogen (secondary N) is 1. The van der Waals surface area contributed by atoms with Crippen molar-refractivity contribution in [3.63, 3.8) is 0 Å². The SMILES string of the molecule is CN(C)CC(=O)N[C@@]1(c2ccccc2)CCN(C(=O)c2sccc2Cl)C[C@H]1O. The number of aliphatic hydroxyl groups is 1. The molecule has 1 aromatic carbocycles. The van der Waals surface area contributed by atoms with Gasteiger partial charge in [-0.2, -0.15) is 0 Å². The second kappa shape index (κ2) is 8.61. The molecule has 2 heterocycles. The molecule has 1 aliphatic heterocycles. The van der Waals surface area contributed by atoms with Crippen LogP contribution in [0.4, 0.5) is 0 Å². The summed E-state index contributed by atoms with van der Waals surface area (Å²) in [4.78, 5) is 29.2. The van der Waals surface area contributed by atoms with Gasteiger partial charge in [0.2, 0.25) is 5.91 Å². The standard InChI is InChI=1S/C20H24ClN3O3S/c1-23(2)13-17(26)22-20(14-6-4-3-5-7-14)9-10-24(12-16(20)25)19(27)18-15(21)8-11-28-18/h3-8,11,16,25H,9-10,12-13H2,1-2H3,(H,22,26)/t16-,20-/m1/s1. The van der Waals surface area contributed by atoms with Crippen molar-refractivity contribution in [1.29, 1.82) is 0 Å². The molecule has 1 aromatic heterocycles. The highest BCUT2D eigenvalue weighted by Gasteiger charge is 2.46. The molecule has 28 heavy (non-hydrogen) atoms. The van der Waals surface area contributed by atoms with E-state index >= 15 is 0 Å². The lowest BCUT2D eigenvalue weighted by atomic mass is 9.78. The summed E-state index contributed by atoms with van der Waals surface area (Å²) in [5.74, 6) is -0.366. The minimum Gasteiger partial charge on any atom is -0.388 e. The second-order valence-corrected chi connectivity index (χ2v) is 8.56. The normalized spacial score (nSPS) is 22.3. The van der Waals surface area contributed by atoms with E-state index < -0.39 is 11.6 Å². The maximum atomic E-state index is 12.8. The second-order valence-electron chi connectivity index (χ2n) is 7.24. The Hall–Kier alpha value is -1.93. The lowest BCUT2D eigenvalue weighted by Gasteiger charge is -2.46. The Bertz CT molecular complexity index is 842. The smallest absolute Gasteiger partial charge is 0.265 e. The molecule has 0 saturated carbocycles. The fraction of sp³-hybridized carbons (Fsp3) is 0.400. The lowest BCUT2D eigenvalue weighted by molar-refractivity contribution is -0.127. The topological polar surface area (TPSA) is 72.9 Å². The van der Waals surface area contributed by atoms with Gasteiger partial charge in [0.25, 0.3) is 5.91 Å². The van der Waals surface area contributed by atoms with Gasteiger partial charge < -0.3 is 20.2 Å². The van der Waals surface area contributed by atoms with Crippen molar-refractivity contribution in [2.24, 2.45) is 0 Å². The summed E-state index contributed by atoms with van der Waals surface area (Å²) in [7, 11) is 3.63. The monoisotopic (exact) mass is 421 g/mol. The summed E-state index contributed by atoms with van der Waals surface area (Å²) < 4.78 is 0. The number of benzene rings is 1. The Morgan fingerprint density at radius 1 is 1.32 bits per heavy atom. The molecule has 0 bridgehead atoms. The molecule has 2 N–H and O–H groups in total. The van der Waals surface area contributed by atoms with Crippen molar-refractivity contribution in [1.82, 2.24) is 15.1 Å². The van der Waals surface area contributed by atoms with E-state index in [0.717, 1.165) is 5.56 Å². The fourth-order valence-electron chi connectivity index (χ4n) is 3.57. The van der Waals surface area contributed by atoms with Gasteiger partial charge in [-0.15, -0.1) is 11.3 Å². The number of aliphatic hydroxyl groups excluding tert-OH is 1. The van der Waals surface area contributed by atoms with E-state index in [9.17, 15) is 14.7 Å². The lowest BCUT2D eigenvalue weighted by Crippen LogP contribution is -2.63. The van der Waals surface area contributed by atoms with Crippen LogP contribution in [0.25, 0.3) is 0 Å². The van der Waals surface area contributed by atoms with Crippen molar-refractivity contribution >= 4 is 34.8 Å². The molecule has 8 heteroatoms. The van der Waals surface area contributed by atoms with Crippen LogP contribution in [0.1, 0.15) is 21.7 Å². The summed E-state index contributed by atoms with van der Waals surface area (Å²) >= 11 is 7.38. The van der Waals surface area contributed by atoms with Crippen molar-refractivity contribution in [3.05, 3.63) is 57.2 Å². The molecule has 0 aliphatic carbocycles. The maximum absolute atomic E-state index is 12.8. The Labute approximate surface area is 173 Å². The number of hydrogen-bond donors (Lipinski definition) is 2. The Kier molecular flexibility index (Phi) is 6.40. The summed E-state index contributed by atoms with van der Waals surface area (Å²) in [5.41, 5.74) is -0.111. The zero-order chi connectivity index (χ0) is 20.3. The molecule has 3 rings (SSSR count). The predicted octanol–water partition coefficient (Wildman–Crippen LogP) is 2.18. The number of halogens is 1. The maximum Gasteiger partial charge on any atom is 0.265 e. The van der Waals surface area contributed by atoms with Crippen molar-refractivity contribution in [2.45, 2.75) is 18.1 Å². The van der Waals surface area contributed by atoms with Gasteiger partial charge in [0, 0.05) is 13.1 Å². The van der Waals surface area contributed by atoms with E-state index in [4.69, 9.17) is 11.6 Å².